The van der Waals surface area contributed by atoms with E-state index in [-0.39, 0.29) is 11.2 Å². The average molecular weight is 326 g/mol. The Kier molecular flexibility index (Phi) is 4.64. The molecule has 3 heteroatoms. The number of rotatable bonds is 2. The van der Waals surface area contributed by atoms with Gasteiger partial charge in [-0.25, -0.2) is 4.39 Å². The van der Waals surface area contributed by atoms with Crippen molar-refractivity contribution in [1.29, 1.82) is 0 Å². The molecule has 2 aromatic carbocycles. The first kappa shape index (κ1) is 17.0. The summed E-state index contributed by atoms with van der Waals surface area (Å²) in [5, 5.41) is 0. The SMILES string of the molecule is CN1CCN(c2ccc(C(C)(C)C)cc2F)CC1c1ccccc1. The molecule has 0 radical (unpaired) electrons. The predicted octanol–water partition coefficient (Wildman–Crippen LogP) is 4.62. The number of piperazine rings is 1. The van der Waals surface area contributed by atoms with Crippen LogP contribution in [0.4, 0.5) is 10.1 Å². The molecule has 1 heterocycles. The summed E-state index contributed by atoms with van der Waals surface area (Å²) in [7, 11) is 2.15. The number of anilines is 1. The summed E-state index contributed by atoms with van der Waals surface area (Å²) in [5.41, 5.74) is 3.01. The summed E-state index contributed by atoms with van der Waals surface area (Å²) in [6.45, 7) is 8.94. The van der Waals surface area contributed by atoms with Crippen molar-refractivity contribution in [3.05, 3.63) is 65.5 Å². The van der Waals surface area contributed by atoms with Gasteiger partial charge in [0.25, 0.3) is 0 Å². The van der Waals surface area contributed by atoms with Crippen LogP contribution in [0.15, 0.2) is 48.5 Å². The van der Waals surface area contributed by atoms with Gasteiger partial charge >= 0.3 is 0 Å². The number of nitrogens with zero attached hydrogens (tertiary/aromatic N) is 2. The van der Waals surface area contributed by atoms with E-state index in [1.807, 2.05) is 12.1 Å². The van der Waals surface area contributed by atoms with Crippen molar-refractivity contribution in [2.24, 2.45) is 0 Å². The molecule has 128 valence electrons. The summed E-state index contributed by atoms with van der Waals surface area (Å²) in [6.07, 6.45) is 0. The third-order valence-corrected chi connectivity index (χ3v) is 4.99. The zero-order chi connectivity index (χ0) is 17.3. The molecule has 0 spiro atoms. The van der Waals surface area contributed by atoms with Gasteiger partial charge in [-0.15, -0.1) is 0 Å². The average Bonchev–Trinajstić information content (AvgIpc) is 2.55. The lowest BCUT2D eigenvalue weighted by atomic mass is 9.87. The molecular formula is C21H27FN2. The molecule has 1 atom stereocenters. The second-order valence-electron chi connectivity index (χ2n) is 7.77. The van der Waals surface area contributed by atoms with Gasteiger partial charge in [-0.2, -0.15) is 0 Å². The number of hydrogen-bond donors (Lipinski definition) is 0. The normalized spacial score (nSPS) is 19.5. The van der Waals surface area contributed by atoms with Crippen LogP contribution in [0.25, 0.3) is 0 Å². The van der Waals surface area contributed by atoms with Gasteiger partial charge in [0.2, 0.25) is 0 Å². The lowest BCUT2D eigenvalue weighted by Gasteiger charge is -2.41. The van der Waals surface area contributed by atoms with Crippen molar-refractivity contribution >= 4 is 5.69 Å². The van der Waals surface area contributed by atoms with Crippen LogP contribution in [-0.4, -0.2) is 31.6 Å². The Morgan fingerprint density at radius 2 is 1.71 bits per heavy atom. The molecule has 0 bridgehead atoms. The Labute approximate surface area is 144 Å². The summed E-state index contributed by atoms with van der Waals surface area (Å²) in [6, 6.07) is 16.5. The van der Waals surface area contributed by atoms with Crippen LogP contribution in [-0.2, 0) is 5.41 Å². The van der Waals surface area contributed by atoms with E-state index in [1.165, 1.54) is 5.56 Å². The highest BCUT2D eigenvalue weighted by atomic mass is 19.1. The Hall–Kier alpha value is -1.87. The number of likely N-dealkylation sites (N-methyl/N-ethyl adjacent to an activating group) is 1. The molecule has 0 N–H and O–H groups in total. The van der Waals surface area contributed by atoms with E-state index in [9.17, 15) is 4.39 Å². The van der Waals surface area contributed by atoms with E-state index in [0.717, 1.165) is 30.9 Å². The van der Waals surface area contributed by atoms with Crippen molar-refractivity contribution < 1.29 is 4.39 Å². The standard InChI is InChI=1S/C21H27FN2/c1-21(2,3)17-10-11-19(18(22)14-17)24-13-12-23(4)20(15-24)16-8-6-5-7-9-16/h5-11,14,20H,12-13,15H2,1-4H3. The van der Waals surface area contributed by atoms with Gasteiger partial charge in [0.05, 0.1) is 11.7 Å². The van der Waals surface area contributed by atoms with Crippen molar-refractivity contribution in [3.63, 3.8) is 0 Å². The monoisotopic (exact) mass is 326 g/mol. The maximum atomic E-state index is 14.7. The first-order chi connectivity index (χ1) is 11.4. The fourth-order valence-corrected chi connectivity index (χ4v) is 3.36. The van der Waals surface area contributed by atoms with E-state index in [0.29, 0.717) is 6.04 Å². The Bertz CT molecular complexity index is 691. The van der Waals surface area contributed by atoms with Gasteiger partial charge < -0.3 is 4.90 Å². The fourth-order valence-electron chi connectivity index (χ4n) is 3.36. The van der Waals surface area contributed by atoms with Gasteiger partial charge in [0.1, 0.15) is 5.82 Å². The highest BCUT2D eigenvalue weighted by molar-refractivity contribution is 5.51. The van der Waals surface area contributed by atoms with Gasteiger partial charge in [0.15, 0.2) is 0 Å². The van der Waals surface area contributed by atoms with Crippen LogP contribution in [0.3, 0.4) is 0 Å². The van der Waals surface area contributed by atoms with Crippen molar-refractivity contribution in [3.8, 4) is 0 Å². The summed E-state index contributed by atoms with van der Waals surface area (Å²) < 4.78 is 14.7. The Balaban J connectivity index is 1.85. The molecule has 2 nitrogen and oxygen atoms in total. The third-order valence-electron chi connectivity index (χ3n) is 4.99. The first-order valence-corrected chi connectivity index (χ1v) is 8.66. The molecular weight excluding hydrogens is 299 g/mol. The number of benzene rings is 2. The van der Waals surface area contributed by atoms with Crippen LogP contribution in [0, 0.1) is 5.82 Å². The molecule has 24 heavy (non-hydrogen) atoms. The van der Waals surface area contributed by atoms with E-state index in [2.05, 4.69) is 68.0 Å². The number of halogens is 1. The smallest absolute Gasteiger partial charge is 0.146 e. The van der Waals surface area contributed by atoms with E-state index >= 15 is 0 Å². The molecule has 1 fully saturated rings. The van der Waals surface area contributed by atoms with Gasteiger partial charge in [-0.3, -0.25) is 4.90 Å². The Morgan fingerprint density at radius 3 is 2.33 bits per heavy atom. The second-order valence-corrected chi connectivity index (χ2v) is 7.77. The number of hydrogen-bond acceptors (Lipinski definition) is 2. The Morgan fingerprint density at radius 1 is 1.00 bits per heavy atom. The lowest BCUT2D eigenvalue weighted by molar-refractivity contribution is 0.220. The summed E-state index contributed by atoms with van der Waals surface area (Å²) in [4.78, 5) is 4.53. The largest absolute Gasteiger partial charge is 0.366 e. The predicted molar refractivity (Wildman–Crippen MR) is 99.1 cm³/mol. The summed E-state index contributed by atoms with van der Waals surface area (Å²) in [5.74, 6) is -0.112. The van der Waals surface area contributed by atoms with Gasteiger partial charge in [-0.05, 0) is 35.7 Å². The van der Waals surface area contributed by atoms with Crippen molar-refractivity contribution in [1.82, 2.24) is 4.90 Å². The lowest BCUT2D eigenvalue weighted by Crippen LogP contribution is -2.47. The maximum absolute atomic E-state index is 14.7. The quantitative estimate of drug-likeness (QED) is 0.795. The summed E-state index contributed by atoms with van der Waals surface area (Å²) >= 11 is 0. The van der Waals surface area contributed by atoms with E-state index in [1.54, 1.807) is 6.07 Å². The van der Waals surface area contributed by atoms with Crippen LogP contribution in [0.5, 0.6) is 0 Å². The molecule has 1 aliphatic rings. The van der Waals surface area contributed by atoms with Crippen LogP contribution < -0.4 is 4.90 Å². The molecule has 1 saturated heterocycles. The van der Waals surface area contributed by atoms with Crippen LogP contribution in [0.2, 0.25) is 0 Å². The molecule has 0 aliphatic carbocycles. The van der Waals surface area contributed by atoms with Crippen LogP contribution >= 0.6 is 0 Å². The fraction of sp³-hybridized carbons (Fsp3) is 0.429. The van der Waals surface area contributed by atoms with Crippen molar-refractivity contribution in [2.75, 3.05) is 31.6 Å². The van der Waals surface area contributed by atoms with Crippen molar-refractivity contribution in [2.45, 2.75) is 32.2 Å². The van der Waals surface area contributed by atoms with E-state index < -0.39 is 0 Å². The van der Waals surface area contributed by atoms with Gasteiger partial charge in [-0.1, -0.05) is 57.2 Å². The minimum absolute atomic E-state index is 0.0337. The van der Waals surface area contributed by atoms with E-state index in [4.69, 9.17) is 0 Å². The molecule has 0 aromatic heterocycles. The molecule has 2 aromatic rings. The zero-order valence-electron chi connectivity index (χ0n) is 15.1. The molecule has 1 unspecified atom stereocenters. The minimum Gasteiger partial charge on any atom is -0.366 e. The molecule has 3 rings (SSSR count). The second kappa shape index (κ2) is 6.56. The third kappa shape index (κ3) is 3.46. The molecule has 0 saturated carbocycles. The molecule has 0 amide bonds. The topological polar surface area (TPSA) is 6.48 Å². The molecule has 1 aliphatic heterocycles. The van der Waals surface area contributed by atoms with Gasteiger partial charge in [0, 0.05) is 19.6 Å². The van der Waals surface area contributed by atoms with Crippen LogP contribution in [0.1, 0.15) is 37.9 Å². The first-order valence-electron chi connectivity index (χ1n) is 8.66. The highest BCUT2D eigenvalue weighted by Gasteiger charge is 2.27. The maximum Gasteiger partial charge on any atom is 0.146 e. The zero-order valence-corrected chi connectivity index (χ0v) is 15.1. The minimum atomic E-state index is -0.112. The highest BCUT2D eigenvalue weighted by Crippen LogP contribution is 2.31.